The molecule has 0 bridgehead atoms. The summed E-state index contributed by atoms with van der Waals surface area (Å²) in [5, 5.41) is 0.708. The molecule has 1 heterocycles. The molecule has 2 rings (SSSR count). The van der Waals surface area contributed by atoms with Crippen LogP contribution in [0.1, 0.15) is 25.8 Å². The molecule has 5 nitrogen and oxygen atoms in total. The summed E-state index contributed by atoms with van der Waals surface area (Å²) in [6.07, 6.45) is 0.918. The number of hydrogen-bond acceptors (Lipinski definition) is 4. The second kappa shape index (κ2) is 10.2. The molecule has 1 aliphatic rings. The van der Waals surface area contributed by atoms with E-state index in [1.807, 2.05) is 30.0 Å². The molecule has 2 unspecified atom stereocenters. The summed E-state index contributed by atoms with van der Waals surface area (Å²) in [6.45, 7) is 7.95. The minimum Gasteiger partial charge on any atom is -0.496 e. The molecule has 142 valence electrons. The molecule has 0 aliphatic carbocycles. The quantitative estimate of drug-likeness (QED) is 0.812. The summed E-state index contributed by atoms with van der Waals surface area (Å²) in [5.41, 5.74) is 7.15. The molecular formula is C18H29Cl2N3O2. The summed E-state index contributed by atoms with van der Waals surface area (Å²) in [7, 11) is 1.67. The first-order valence-corrected chi connectivity index (χ1v) is 8.93. The van der Waals surface area contributed by atoms with E-state index in [0.717, 1.165) is 37.4 Å². The molecule has 1 saturated heterocycles. The molecule has 7 heteroatoms. The smallest absolute Gasteiger partial charge is 0.239 e. The number of nitrogens with two attached hydrogens (primary N) is 1. The second-order valence-corrected chi connectivity index (χ2v) is 6.91. The standard InChI is InChI=1S/C18H28ClN3O2.ClH/c1-4-13(2)17(20)18(23)22-9-7-21(8-10-22)12-14-11-15(19)5-6-16(14)24-3;/h5-6,11,13,17H,4,7-10,12,20H2,1-3H3;1H. The normalized spacial score (nSPS) is 17.6. The van der Waals surface area contributed by atoms with Gasteiger partial charge in [0.15, 0.2) is 0 Å². The Morgan fingerprint density at radius 3 is 2.52 bits per heavy atom. The van der Waals surface area contributed by atoms with Crippen LogP contribution in [0.15, 0.2) is 18.2 Å². The first kappa shape index (κ1) is 22.0. The summed E-state index contributed by atoms with van der Waals surface area (Å²) in [5.74, 6) is 1.13. The van der Waals surface area contributed by atoms with Crippen molar-refractivity contribution in [3.05, 3.63) is 28.8 Å². The number of ether oxygens (including phenoxy) is 1. The van der Waals surface area contributed by atoms with Gasteiger partial charge in [-0.15, -0.1) is 12.4 Å². The third-order valence-corrected chi connectivity index (χ3v) is 5.10. The van der Waals surface area contributed by atoms with Crippen LogP contribution in [0.4, 0.5) is 0 Å². The number of rotatable bonds is 6. The maximum atomic E-state index is 12.5. The van der Waals surface area contributed by atoms with Crippen molar-refractivity contribution in [1.82, 2.24) is 9.80 Å². The van der Waals surface area contributed by atoms with Gasteiger partial charge in [-0.2, -0.15) is 0 Å². The Hall–Kier alpha value is -1.01. The molecule has 25 heavy (non-hydrogen) atoms. The van der Waals surface area contributed by atoms with Crippen LogP contribution in [0.25, 0.3) is 0 Å². The Bertz CT molecular complexity index is 563. The number of methoxy groups -OCH3 is 1. The molecule has 1 aromatic rings. The SMILES string of the molecule is CCC(C)C(N)C(=O)N1CCN(Cc2cc(Cl)ccc2OC)CC1.Cl. The van der Waals surface area contributed by atoms with Gasteiger partial charge in [0.05, 0.1) is 13.2 Å². The number of hydrogen-bond donors (Lipinski definition) is 1. The third kappa shape index (κ3) is 5.74. The number of carbonyl (C=O) groups is 1. The summed E-state index contributed by atoms with van der Waals surface area (Å²) < 4.78 is 5.40. The highest BCUT2D eigenvalue weighted by Crippen LogP contribution is 2.24. The molecule has 1 fully saturated rings. The number of piperazine rings is 1. The van der Waals surface area contributed by atoms with Crippen molar-refractivity contribution in [3.8, 4) is 5.75 Å². The van der Waals surface area contributed by atoms with Crippen molar-refractivity contribution in [1.29, 1.82) is 0 Å². The predicted octanol–water partition coefficient (Wildman–Crippen LogP) is 2.79. The zero-order valence-corrected chi connectivity index (χ0v) is 16.8. The molecule has 0 radical (unpaired) electrons. The van der Waals surface area contributed by atoms with E-state index in [-0.39, 0.29) is 24.2 Å². The molecule has 2 N–H and O–H groups in total. The van der Waals surface area contributed by atoms with Gasteiger partial charge in [0.2, 0.25) is 5.91 Å². The Labute approximate surface area is 161 Å². The van der Waals surface area contributed by atoms with Crippen LogP contribution in [0, 0.1) is 5.92 Å². The largest absolute Gasteiger partial charge is 0.496 e. The molecule has 2 atom stereocenters. The van der Waals surface area contributed by atoms with Crippen LogP contribution < -0.4 is 10.5 Å². The Morgan fingerprint density at radius 1 is 1.32 bits per heavy atom. The van der Waals surface area contributed by atoms with Gasteiger partial charge < -0.3 is 15.4 Å². The van der Waals surface area contributed by atoms with Crippen molar-refractivity contribution in [3.63, 3.8) is 0 Å². The lowest BCUT2D eigenvalue weighted by Gasteiger charge is -2.36. The maximum Gasteiger partial charge on any atom is 0.239 e. The number of nitrogens with zero attached hydrogens (tertiary/aromatic N) is 2. The van der Waals surface area contributed by atoms with Crippen LogP contribution in [0.3, 0.4) is 0 Å². The number of halogens is 2. The fourth-order valence-corrected chi connectivity index (χ4v) is 3.14. The average Bonchev–Trinajstić information content (AvgIpc) is 2.60. The third-order valence-electron chi connectivity index (χ3n) is 4.86. The predicted molar refractivity (Wildman–Crippen MR) is 105 cm³/mol. The highest BCUT2D eigenvalue weighted by atomic mass is 35.5. The van der Waals surface area contributed by atoms with Crippen molar-refractivity contribution in [2.45, 2.75) is 32.9 Å². The fourth-order valence-electron chi connectivity index (χ4n) is 2.95. The van der Waals surface area contributed by atoms with Gasteiger partial charge in [-0.3, -0.25) is 9.69 Å². The monoisotopic (exact) mass is 389 g/mol. The zero-order valence-electron chi connectivity index (χ0n) is 15.2. The van der Waals surface area contributed by atoms with E-state index in [1.165, 1.54) is 0 Å². The van der Waals surface area contributed by atoms with E-state index >= 15 is 0 Å². The lowest BCUT2D eigenvalue weighted by molar-refractivity contribution is -0.135. The van der Waals surface area contributed by atoms with Crippen molar-refractivity contribution in [2.24, 2.45) is 11.7 Å². The van der Waals surface area contributed by atoms with E-state index in [0.29, 0.717) is 18.1 Å². The first-order valence-electron chi connectivity index (χ1n) is 8.55. The van der Waals surface area contributed by atoms with Crippen LogP contribution in [0.5, 0.6) is 5.75 Å². The van der Waals surface area contributed by atoms with E-state index in [1.54, 1.807) is 7.11 Å². The Balaban J connectivity index is 0.00000312. The maximum absolute atomic E-state index is 12.5. The minimum absolute atomic E-state index is 0. The van der Waals surface area contributed by atoms with E-state index in [2.05, 4.69) is 11.8 Å². The second-order valence-electron chi connectivity index (χ2n) is 6.47. The van der Waals surface area contributed by atoms with Crippen LogP contribution in [0.2, 0.25) is 5.02 Å². The Morgan fingerprint density at radius 2 is 1.96 bits per heavy atom. The van der Waals surface area contributed by atoms with Gasteiger partial charge in [0.25, 0.3) is 0 Å². The molecular weight excluding hydrogens is 361 g/mol. The fraction of sp³-hybridized carbons (Fsp3) is 0.611. The molecule has 1 aliphatic heterocycles. The van der Waals surface area contributed by atoms with Crippen molar-refractivity contribution < 1.29 is 9.53 Å². The number of carbonyl (C=O) groups excluding carboxylic acids is 1. The van der Waals surface area contributed by atoms with Crippen LogP contribution >= 0.6 is 24.0 Å². The number of amides is 1. The van der Waals surface area contributed by atoms with E-state index in [9.17, 15) is 4.79 Å². The van der Waals surface area contributed by atoms with Gasteiger partial charge in [-0.05, 0) is 24.1 Å². The zero-order chi connectivity index (χ0) is 17.7. The van der Waals surface area contributed by atoms with Crippen LogP contribution in [-0.2, 0) is 11.3 Å². The highest BCUT2D eigenvalue weighted by Gasteiger charge is 2.28. The summed E-state index contributed by atoms with van der Waals surface area (Å²) >= 11 is 6.09. The molecule has 1 amide bonds. The topological polar surface area (TPSA) is 58.8 Å². The molecule has 0 spiro atoms. The van der Waals surface area contributed by atoms with Gasteiger partial charge in [0, 0.05) is 43.3 Å². The van der Waals surface area contributed by atoms with E-state index in [4.69, 9.17) is 22.1 Å². The van der Waals surface area contributed by atoms with Gasteiger partial charge in [-0.25, -0.2) is 0 Å². The van der Waals surface area contributed by atoms with E-state index < -0.39 is 6.04 Å². The Kier molecular flexibility index (Phi) is 9.00. The first-order chi connectivity index (χ1) is 11.5. The van der Waals surface area contributed by atoms with Gasteiger partial charge in [0.1, 0.15) is 5.75 Å². The highest BCUT2D eigenvalue weighted by molar-refractivity contribution is 6.30. The lowest BCUT2D eigenvalue weighted by Crippen LogP contribution is -2.54. The molecule has 1 aromatic carbocycles. The van der Waals surface area contributed by atoms with Crippen LogP contribution in [-0.4, -0.2) is 55.0 Å². The molecule has 0 aromatic heterocycles. The number of benzene rings is 1. The average molecular weight is 390 g/mol. The van der Waals surface area contributed by atoms with Gasteiger partial charge >= 0.3 is 0 Å². The molecule has 0 saturated carbocycles. The van der Waals surface area contributed by atoms with Crippen molar-refractivity contribution in [2.75, 3.05) is 33.3 Å². The van der Waals surface area contributed by atoms with Gasteiger partial charge in [-0.1, -0.05) is 31.9 Å². The summed E-state index contributed by atoms with van der Waals surface area (Å²) in [6, 6.07) is 5.27. The lowest BCUT2D eigenvalue weighted by atomic mass is 9.98. The minimum atomic E-state index is -0.394. The van der Waals surface area contributed by atoms with Crippen molar-refractivity contribution >= 4 is 29.9 Å². The summed E-state index contributed by atoms with van der Waals surface area (Å²) in [4.78, 5) is 16.7.